The Bertz CT molecular complexity index is 614. The van der Waals surface area contributed by atoms with Crippen molar-refractivity contribution < 1.29 is 8.42 Å². The highest BCUT2D eigenvalue weighted by atomic mass is 35.5. The van der Waals surface area contributed by atoms with E-state index >= 15 is 0 Å². The average molecular weight is 317 g/mol. The van der Waals surface area contributed by atoms with Crippen LogP contribution < -0.4 is 10.5 Å². The number of hydrogen-bond donors (Lipinski definition) is 2. The van der Waals surface area contributed by atoms with Crippen molar-refractivity contribution in [2.45, 2.75) is 23.8 Å². The fraction of sp³-hybridized carbons (Fsp3) is 0.583. The first-order valence-corrected chi connectivity index (χ1v) is 8.47. The topological polar surface area (TPSA) is 88.3 Å². The van der Waals surface area contributed by atoms with Crippen LogP contribution in [0.3, 0.4) is 0 Å². The molecule has 20 heavy (non-hydrogen) atoms. The van der Waals surface area contributed by atoms with Crippen LogP contribution in [-0.2, 0) is 10.0 Å². The molecule has 0 aromatic carbocycles. The Labute approximate surface area is 123 Å². The van der Waals surface area contributed by atoms with Crippen LogP contribution >= 0.6 is 11.6 Å². The molecule has 0 saturated carbocycles. The van der Waals surface area contributed by atoms with E-state index in [1.165, 1.54) is 12.3 Å². The zero-order valence-electron chi connectivity index (χ0n) is 10.9. The number of anilines is 1. The van der Waals surface area contributed by atoms with E-state index < -0.39 is 10.0 Å². The highest BCUT2D eigenvalue weighted by Crippen LogP contribution is 2.29. The lowest BCUT2D eigenvalue weighted by Crippen LogP contribution is -2.57. The molecule has 1 atom stereocenters. The van der Waals surface area contributed by atoms with E-state index in [0.29, 0.717) is 5.92 Å². The van der Waals surface area contributed by atoms with E-state index in [0.717, 1.165) is 32.5 Å². The molecule has 1 unspecified atom stereocenters. The van der Waals surface area contributed by atoms with Gasteiger partial charge in [0.15, 0.2) is 0 Å². The van der Waals surface area contributed by atoms with Crippen molar-refractivity contribution >= 4 is 27.4 Å². The number of hydrogen-bond acceptors (Lipinski definition) is 5. The first kappa shape index (κ1) is 14.1. The largest absolute Gasteiger partial charge is 0.382 e. The Balaban J connectivity index is 1.80. The Morgan fingerprint density at radius 2 is 2.10 bits per heavy atom. The second-order valence-electron chi connectivity index (χ2n) is 5.40. The first-order valence-electron chi connectivity index (χ1n) is 6.61. The number of nitrogens with one attached hydrogen (secondary N) is 1. The summed E-state index contributed by atoms with van der Waals surface area (Å²) in [6, 6.07) is 1.31. The summed E-state index contributed by atoms with van der Waals surface area (Å²) >= 11 is 5.84. The van der Waals surface area contributed by atoms with Crippen LogP contribution in [0.4, 0.5) is 5.82 Å². The van der Waals surface area contributed by atoms with Crippen LogP contribution in [0.1, 0.15) is 12.8 Å². The van der Waals surface area contributed by atoms with E-state index in [9.17, 15) is 8.42 Å². The maximum atomic E-state index is 12.4. The van der Waals surface area contributed by atoms with Gasteiger partial charge in [0, 0.05) is 18.8 Å². The van der Waals surface area contributed by atoms with Gasteiger partial charge in [0.2, 0.25) is 10.0 Å². The number of nitrogen functional groups attached to an aromatic ring is 1. The smallest absolute Gasteiger partial charge is 0.242 e. The van der Waals surface area contributed by atoms with E-state index in [1.807, 2.05) is 0 Å². The van der Waals surface area contributed by atoms with E-state index in [4.69, 9.17) is 17.3 Å². The van der Waals surface area contributed by atoms with Gasteiger partial charge in [0.05, 0.1) is 5.02 Å². The predicted octanol–water partition coefficient (Wildman–Crippen LogP) is 0.690. The minimum Gasteiger partial charge on any atom is -0.382 e. The van der Waals surface area contributed by atoms with Gasteiger partial charge in [-0.25, -0.2) is 18.1 Å². The van der Waals surface area contributed by atoms with Crippen LogP contribution in [0.5, 0.6) is 0 Å². The molecule has 1 aromatic rings. The van der Waals surface area contributed by atoms with Crippen LogP contribution in [0.2, 0.25) is 5.02 Å². The van der Waals surface area contributed by atoms with E-state index in [2.05, 4.69) is 14.6 Å². The molecule has 3 aliphatic heterocycles. The quantitative estimate of drug-likeness (QED) is 0.856. The number of halogens is 1. The molecule has 3 N–H and O–H groups in total. The molecule has 3 fully saturated rings. The number of pyridine rings is 1. The van der Waals surface area contributed by atoms with Crippen molar-refractivity contribution in [2.75, 3.05) is 25.4 Å². The number of nitrogens with zero attached hydrogens (tertiary/aromatic N) is 2. The fourth-order valence-electron chi connectivity index (χ4n) is 2.94. The minimum absolute atomic E-state index is 0.0289. The molecule has 4 heterocycles. The maximum absolute atomic E-state index is 12.4. The molecule has 110 valence electrons. The SMILES string of the molecule is Nc1ncc(S(=O)(=O)NC2CN3CCC2CC3)cc1Cl. The third-order valence-corrected chi connectivity index (χ3v) is 5.88. The molecule has 0 radical (unpaired) electrons. The molecule has 3 saturated heterocycles. The van der Waals surface area contributed by atoms with Crippen molar-refractivity contribution in [2.24, 2.45) is 5.92 Å². The number of rotatable bonds is 3. The van der Waals surface area contributed by atoms with Gasteiger partial charge in [0.25, 0.3) is 0 Å². The second-order valence-corrected chi connectivity index (χ2v) is 7.53. The van der Waals surface area contributed by atoms with Gasteiger partial charge in [-0.2, -0.15) is 0 Å². The first-order chi connectivity index (χ1) is 9.45. The Hall–Kier alpha value is -0.890. The molecule has 0 spiro atoms. The van der Waals surface area contributed by atoms with Gasteiger partial charge in [0.1, 0.15) is 10.7 Å². The normalized spacial score (nSPS) is 29.6. The highest BCUT2D eigenvalue weighted by Gasteiger charge is 2.36. The summed E-state index contributed by atoms with van der Waals surface area (Å²) in [5.74, 6) is 0.556. The van der Waals surface area contributed by atoms with Crippen LogP contribution in [-0.4, -0.2) is 44.0 Å². The van der Waals surface area contributed by atoms with Crippen LogP contribution in [0.15, 0.2) is 17.2 Å². The molecule has 2 bridgehead atoms. The maximum Gasteiger partial charge on any atom is 0.242 e. The minimum atomic E-state index is -3.60. The summed E-state index contributed by atoms with van der Waals surface area (Å²) in [6.45, 7) is 2.91. The van der Waals surface area contributed by atoms with Gasteiger partial charge in [-0.15, -0.1) is 0 Å². The Kier molecular flexibility index (Phi) is 3.62. The molecule has 0 aliphatic carbocycles. The molecule has 0 amide bonds. The lowest BCUT2D eigenvalue weighted by atomic mass is 9.85. The van der Waals surface area contributed by atoms with Crippen LogP contribution in [0.25, 0.3) is 0 Å². The monoisotopic (exact) mass is 316 g/mol. The number of fused-ring (bicyclic) bond motifs is 3. The summed E-state index contributed by atoms with van der Waals surface area (Å²) in [7, 11) is -3.60. The fourth-order valence-corrected chi connectivity index (χ4v) is 4.44. The zero-order valence-corrected chi connectivity index (χ0v) is 12.5. The zero-order chi connectivity index (χ0) is 14.3. The van der Waals surface area contributed by atoms with Crippen molar-refractivity contribution in [1.82, 2.24) is 14.6 Å². The van der Waals surface area contributed by atoms with E-state index in [1.54, 1.807) is 0 Å². The Morgan fingerprint density at radius 1 is 1.40 bits per heavy atom. The van der Waals surface area contributed by atoms with Crippen LogP contribution in [0, 0.1) is 5.92 Å². The van der Waals surface area contributed by atoms with E-state index in [-0.39, 0.29) is 21.8 Å². The summed E-state index contributed by atoms with van der Waals surface area (Å²) in [5, 5.41) is 0.154. The van der Waals surface area contributed by atoms with Gasteiger partial charge < -0.3 is 10.6 Å². The summed E-state index contributed by atoms with van der Waals surface area (Å²) in [6.07, 6.45) is 3.34. The van der Waals surface area contributed by atoms with Crippen molar-refractivity contribution in [1.29, 1.82) is 0 Å². The van der Waals surface area contributed by atoms with Gasteiger partial charge in [-0.3, -0.25) is 0 Å². The lowest BCUT2D eigenvalue weighted by Gasteiger charge is -2.44. The third kappa shape index (κ3) is 2.63. The van der Waals surface area contributed by atoms with Gasteiger partial charge >= 0.3 is 0 Å². The van der Waals surface area contributed by atoms with Crippen molar-refractivity contribution in [3.63, 3.8) is 0 Å². The lowest BCUT2D eigenvalue weighted by molar-refractivity contribution is 0.0827. The molecule has 6 nitrogen and oxygen atoms in total. The molecule has 8 heteroatoms. The summed E-state index contributed by atoms with van der Waals surface area (Å²) < 4.78 is 27.5. The molecular formula is C12H17ClN4O2S. The second kappa shape index (κ2) is 5.14. The molecule has 1 aromatic heterocycles. The number of nitrogens with two attached hydrogens (primary N) is 1. The predicted molar refractivity (Wildman–Crippen MR) is 76.9 cm³/mol. The molecule has 4 rings (SSSR count). The number of sulfonamides is 1. The molecule has 3 aliphatic rings. The average Bonchev–Trinajstić information content (AvgIpc) is 2.42. The van der Waals surface area contributed by atoms with Gasteiger partial charge in [-0.05, 0) is 37.9 Å². The van der Waals surface area contributed by atoms with Crippen molar-refractivity contribution in [3.8, 4) is 0 Å². The number of aromatic nitrogens is 1. The van der Waals surface area contributed by atoms with Gasteiger partial charge in [-0.1, -0.05) is 11.6 Å². The Morgan fingerprint density at radius 3 is 2.65 bits per heavy atom. The molecular weight excluding hydrogens is 300 g/mol. The highest BCUT2D eigenvalue weighted by molar-refractivity contribution is 7.89. The summed E-state index contributed by atoms with van der Waals surface area (Å²) in [4.78, 5) is 6.16. The summed E-state index contributed by atoms with van der Waals surface area (Å²) in [5.41, 5.74) is 5.50. The standard InChI is InChI=1S/C12H17ClN4O2S/c13-10-5-9(6-15-12(10)14)20(18,19)16-11-7-17-3-1-8(11)2-4-17/h5-6,8,11,16H,1-4,7H2,(H2,14,15). The number of piperidine rings is 3. The third-order valence-electron chi connectivity index (χ3n) is 4.12. The van der Waals surface area contributed by atoms with Crippen molar-refractivity contribution in [3.05, 3.63) is 17.3 Å².